The van der Waals surface area contributed by atoms with Gasteiger partial charge in [-0.15, -0.1) is 24.8 Å². The van der Waals surface area contributed by atoms with Gasteiger partial charge in [0.1, 0.15) is 0 Å². The molecule has 1 spiro atoms. The van der Waals surface area contributed by atoms with Crippen molar-refractivity contribution in [2.45, 2.75) is 25.9 Å². The first-order valence-electron chi connectivity index (χ1n) is 7.91. The summed E-state index contributed by atoms with van der Waals surface area (Å²) in [5, 5.41) is 3.53. The van der Waals surface area contributed by atoms with Crippen molar-refractivity contribution in [3.63, 3.8) is 0 Å². The smallest absolute Gasteiger partial charge is 0.0717 e. The maximum Gasteiger partial charge on any atom is 0.0717 e. The molecule has 2 heterocycles. The molecule has 126 valence electrons. The summed E-state index contributed by atoms with van der Waals surface area (Å²) in [6.07, 6.45) is 4.11. The highest BCUT2D eigenvalue weighted by Crippen LogP contribution is 2.35. The molecule has 3 nitrogen and oxygen atoms in total. The van der Waals surface area contributed by atoms with Crippen LogP contribution < -0.4 is 5.32 Å². The molecule has 0 saturated carbocycles. The fourth-order valence-electron chi connectivity index (χ4n) is 3.60. The van der Waals surface area contributed by atoms with Crippen LogP contribution in [0.25, 0.3) is 0 Å². The fraction of sp³-hybridized carbons (Fsp3) is 0.647. The normalized spacial score (nSPS) is 24.7. The predicted molar refractivity (Wildman–Crippen MR) is 96.2 cm³/mol. The topological polar surface area (TPSA) is 24.5 Å². The van der Waals surface area contributed by atoms with Gasteiger partial charge in [0.25, 0.3) is 0 Å². The zero-order valence-electron chi connectivity index (χ0n) is 13.1. The molecule has 0 radical (unpaired) electrons. The van der Waals surface area contributed by atoms with Gasteiger partial charge in [0.15, 0.2) is 0 Å². The molecule has 3 rings (SSSR count). The molecule has 0 aromatic heterocycles. The van der Waals surface area contributed by atoms with Crippen LogP contribution in [0.4, 0.5) is 0 Å². The van der Waals surface area contributed by atoms with E-state index in [0.717, 1.165) is 19.8 Å². The second-order valence-corrected chi connectivity index (χ2v) is 6.34. The molecule has 22 heavy (non-hydrogen) atoms. The van der Waals surface area contributed by atoms with E-state index in [1.165, 1.54) is 51.0 Å². The summed E-state index contributed by atoms with van der Waals surface area (Å²) < 4.78 is 5.82. The van der Waals surface area contributed by atoms with Gasteiger partial charge in [-0.3, -0.25) is 0 Å². The molecule has 2 saturated heterocycles. The van der Waals surface area contributed by atoms with Gasteiger partial charge in [0.2, 0.25) is 0 Å². The lowest BCUT2D eigenvalue weighted by atomic mass is 9.79. The lowest BCUT2D eigenvalue weighted by molar-refractivity contribution is 0.0531. The van der Waals surface area contributed by atoms with Crippen molar-refractivity contribution in [1.82, 2.24) is 10.2 Å². The number of halogens is 2. The average Bonchev–Trinajstić information content (AvgIpc) is 2.93. The number of likely N-dealkylation sites (tertiary alicyclic amines) is 1. The third kappa shape index (κ3) is 5.39. The van der Waals surface area contributed by atoms with E-state index in [2.05, 4.69) is 34.5 Å². The summed E-state index contributed by atoms with van der Waals surface area (Å²) in [6, 6.07) is 10.4. The van der Waals surface area contributed by atoms with Crippen LogP contribution in [0, 0.1) is 5.41 Å². The quantitative estimate of drug-likeness (QED) is 0.829. The Hall–Kier alpha value is -0.320. The Morgan fingerprint density at radius 3 is 2.68 bits per heavy atom. The van der Waals surface area contributed by atoms with Crippen molar-refractivity contribution in [3.05, 3.63) is 35.9 Å². The third-order valence-electron chi connectivity index (χ3n) is 4.74. The second-order valence-electron chi connectivity index (χ2n) is 6.34. The Balaban J connectivity index is 0.00000121. The molecule has 0 aliphatic carbocycles. The number of benzene rings is 1. The number of nitrogens with zero attached hydrogens (tertiary/aromatic N) is 1. The van der Waals surface area contributed by atoms with Gasteiger partial charge in [-0.25, -0.2) is 0 Å². The van der Waals surface area contributed by atoms with E-state index in [1.54, 1.807) is 0 Å². The molecule has 2 fully saturated rings. The van der Waals surface area contributed by atoms with E-state index < -0.39 is 0 Å². The van der Waals surface area contributed by atoms with E-state index in [0.29, 0.717) is 5.41 Å². The highest BCUT2D eigenvalue weighted by atomic mass is 35.5. The zero-order valence-corrected chi connectivity index (χ0v) is 14.8. The number of hydrogen-bond acceptors (Lipinski definition) is 3. The average molecular weight is 347 g/mol. The maximum absolute atomic E-state index is 5.82. The molecule has 1 unspecified atom stereocenters. The van der Waals surface area contributed by atoms with Gasteiger partial charge >= 0.3 is 0 Å². The van der Waals surface area contributed by atoms with Gasteiger partial charge in [-0.05, 0) is 43.3 Å². The molecule has 0 amide bonds. The fourth-order valence-corrected chi connectivity index (χ4v) is 3.60. The summed E-state index contributed by atoms with van der Waals surface area (Å²) in [5.74, 6) is 0. The number of hydrogen-bond donors (Lipinski definition) is 1. The number of nitrogens with one attached hydrogen (secondary N) is 1. The standard InChI is InChI=1S/C17H26N2O.2ClH/c1-2-5-16(6-3-1)13-20-12-11-19-10-4-7-17(15-19)8-9-18-14-17;;/h1-3,5-6,18H,4,7-15H2;2*1H. The van der Waals surface area contributed by atoms with Crippen LogP contribution in [0.5, 0.6) is 0 Å². The van der Waals surface area contributed by atoms with E-state index >= 15 is 0 Å². The van der Waals surface area contributed by atoms with Crippen LogP contribution in [0.1, 0.15) is 24.8 Å². The summed E-state index contributed by atoms with van der Waals surface area (Å²) in [6.45, 7) is 7.59. The van der Waals surface area contributed by atoms with Gasteiger partial charge in [-0.1, -0.05) is 30.3 Å². The van der Waals surface area contributed by atoms with Crippen molar-refractivity contribution >= 4 is 24.8 Å². The zero-order chi connectivity index (χ0) is 13.7. The lowest BCUT2D eigenvalue weighted by Gasteiger charge is -2.40. The van der Waals surface area contributed by atoms with Crippen molar-refractivity contribution < 1.29 is 4.74 Å². The molecule has 1 atom stereocenters. The summed E-state index contributed by atoms with van der Waals surface area (Å²) >= 11 is 0. The molecular formula is C17H28Cl2N2O. The van der Waals surface area contributed by atoms with Gasteiger partial charge < -0.3 is 15.0 Å². The van der Waals surface area contributed by atoms with Gasteiger partial charge in [-0.2, -0.15) is 0 Å². The predicted octanol–water partition coefficient (Wildman–Crippen LogP) is 3.12. The van der Waals surface area contributed by atoms with Crippen molar-refractivity contribution in [2.24, 2.45) is 5.41 Å². The van der Waals surface area contributed by atoms with E-state index in [4.69, 9.17) is 4.74 Å². The maximum atomic E-state index is 5.82. The number of rotatable bonds is 5. The summed E-state index contributed by atoms with van der Waals surface area (Å²) in [4.78, 5) is 2.60. The molecule has 1 aromatic rings. The Bertz CT molecular complexity index is 410. The highest BCUT2D eigenvalue weighted by molar-refractivity contribution is 5.85. The largest absolute Gasteiger partial charge is 0.375 e. The molecule has 5 heteroatoms. The second kappa shape index (κ2) is 9.74. The van der Waals surface area contributed by atoms with Crippen molar-refractivity contribution in [3.8, 4) is 0 Å². The Kier molecular flexibility index (Phi) is 8.73. The molecule has 2 aliphatic rings. The first kappa shape index (κ1) is 19.7. The Morgan fingerprint density at radius 1 is 1.14 bits per heavy atom. The highest BCUT2D eigenvalue weighted by Gasteiger charge is 2.37. The van der Waals surface area contributed by atoms with E-state index in [-0.39, 0.29) is 24.8 Å². The Morgan fingerprint density at radius 2 is 1.95 bits per heavy atom. The van der Waals surface area contributed by atoms with Crippen LogP contribution in [-0.2, 0) is 11.3 Å². The molecular weight excluding hydrogens is 319 g/mol. The van der Waals surface area contributed by atoms with Crippen LogP contribution in [-0.4, -0.2) is 44.2 Å². The summed E-state index contributed by atoms with van der Waals surface area (Å²) in [5.41, 5.74) is 1.83. The van der Waals surface area contributed by atoms with Crippen LogP contribution in [0.15, 0.2) is 30.3 Å². The lowest BCUT2D eigenvalue weighted by Crippen LogP contribution is -2.45. The number of piperidine rings is 1. The van der Waals surface area contributed by atoms with Crippen molar-refractivity contribution in [2.75, 3.05) is 39.3 Å². The van der Waals surface area contributed by atoms with Crippen LogP contribution >= 0.6 is 24.8 Å². The first-order chi connectivity index (χ1) is 9.86. The SMILES string of the molecule is Cl.Cl.c1ccc(COCCN2CCCC3(CCNC3)C2)cc1. The monoisotopic (exact) mass is 346 g/mol. The number of ether oxygens (including phenoxy) is 1. The van der Waals surface area contributed by atoms with Crippen molar-refractivity contribution in [1.29, 1.82) is 0 Å². The summed E-state index contributed by atoms with van der Waals surface area (Å²) in [7, 11) is 0. The van der Waals surface area contributed by atoms with Crippen LogP contribution in [0.3, 0.4) is 0 Å². The molecule has 2 aliphatic heterocycles. The van der Waals surface area contributed by atoms with E-state index in [1.807, 2.05) is 6.07 Å². The first-order valence-corrected chi connectivity index (χ1v) is 7.91. The van der Waals surface area contributed by atoms with E-state index in [9.17, 15) is 0 Å². The van der Waals surface area contributed by atoms with Crippen LogP contribution in [0.2, 0.25) is 0 Å². The minimum absolute atomic E-state index is 0. The third-order valence-corrected chi connectivity index (χ3v) is 4.74. The molecule has 1 aromatic carbocycles. The van der Waals surface area contributed by atoms with Gasteiger partial charge in [0, 0.05) is 19.6 Å². The Labute approximate surface area is 146 Å². The minimum Gasteiger partial charge on any atom is -0.375 e. The molecule has 0 bridgehead atoms. The minimum atomic E-state index is 0. The van der Waals surface area contributed by atoms with Gasteiger partial charge in [0.05, 0.1) is 13.2 Å². The molecule has 1 N–H and O–H groups in total.